The van der Waals surface area contributed by atoms with E-state index >= 15 is 0 Å². The molecule has 18 heavy (non-hydrogen) atoms. The highest BCUT2D eigenvalue weighted by Crippen LogP contribution is 2.24. The first-order valence-electron chi connectivity index (χ1n) is 5.80. The van der Waals surface area contributed by atoms with Gasteiger partial charge in [-0.3, -0.25) is 0 Å². The Morgan fingerprint density at radius 3 is 2.50 bits per heavy atom. The van der Waals surface area contributed by atoms with Gasteiger partial charge in [-0.1, -0.05) is 18.2 Å². The lowest BCUT2D eigenvalue weighted by Gasteiger charge is -2.18. The molecule has 1 unspecified atom stereocenters. The van der Waals surface area contributed by atoms with Crippen molar-refractivity contribution in [2.24, 2.45) is 0 Å². The molecule has 2 aromatic carbocycles. The molecule has 0 amide bonds. The van der Waals surface area contributed by atoms with Crippen LogP contribution < -0.4 is 5.32 Å². The lowest BCUT2D eigenvalue weighted by atomic mass is 9.97. The molecule has 2 rings (SSSR count). The molecule has 0 saturated heterocycles. The number of rotatable bonds is 3. The van der Waals surface area contributed by atoms with E-state index in [9.17, 15) is 4.39 Å². The van der Waals surface area contributed by atoms with Crippen LogP contribution in [0.5, 0.6) is 0 Å². The maximum Gasteiger partial charge on any atom is 0.123 e. The molecule has 0 saturated carbocycles. The summed E-state index contributed by atoms with van der Waals surface area (Å²) in [7, 11) is 1.89. The van der Waals surface area contributed by atoms with Crippen LogP contribution in [-0.2, 0) is 0 Å². The van der Waals surface area contributed by atoms with Gasteiger partial charge in [0.25, 0.3) is 0 Å². The van der Waals surface area contributed by atoms with Crippen molar-refractivity contribution >= 4 is 22.6 Å². The van der Waals surface area contributed by atoms with Gasteiger partial charge in [0.1, 0.15) is 5.82 Å². The van der Waals surface area contributed by atoms with E-state index in [-0.39, 0.29) is 11.9 Å². The minimum absolute atomic E-state index is 0.0223. The minimum atomic E-state index is -0.184. The van der Waals surface area contributed by atoms with Crippen LogP contribution >= 0.6 is 22.6 Å². The molecule has 0 fully saturated rings. The van der Waals surface area contributed by atoms with Crippen LogP contribution in [0.25, 0.3) is 0 Å². The SMILES string of the molecule is CNC(c1cc(C)cc(F)c1)c1cccc(I)c1. The third kappa shape index (κ3) is 3.09. The van der Waals surface area contributed by atoms with E-state index in [0.717, 1.165) is 16.7 Å². The van der Waals surface area contributed by atoms with Crippen molar-refractivity contribution in [1.82, 2.24) is 5.32 Å². The van der Waals surface area contributed by atoms with E-state index in [1.54, 1.807) is 12.1 Å². The molecule has 3 heteroatoms. The summed E-state index contributed by atoms with van der Waals surface area (Å²) in [4.78, 5) is 0. The number of hydrogen-bond donors (Lipinski definition) is 1. The normalized spacial score (nSPS) is 12.4. The maximum absolute atomic E-state index is 13.5. The van der Waals surface area contributed by atoms with Crippen LogP contribution in [0.3, 0.4) is 0 Å². The van der Waals surface area contributed by atoms with Crippen molar-refractivity contribution in [3.8, 4) is 0 Å². The van der Waals surface area contributed by atoms with Gasteiger partial charge in [-0.15, -0.1) is 0 Å². The first kappa shape index (κ1) is 13.5. The quantitative estimate of drug-likeness (QED) is 0.820. The van der Waals surface area contributed by atoms with Crippen LogP contribution in [0, 0.1) is 16.3 Å². The molecule has 0 heterocycles. The lowest BCUT2D eigenvalue weighted by Crippen LogP contribution is -2.18. The first-order chi connectivity index (χ1) is 8.60. The van der Waals surface area contributed by atoms with Crippen molar-refractivity contribution in [3.05, 3.63) is 68.5 Å². The highest BCUT2D eigenvalue weighted by atomic mass is 127. The third-order valence-electron chi connectivity index (χ3n) is 2.87. The minimum Gasteiger partial charge on any atom is -0.309 e. The standard InChI is InChI=1S/C15H15FIN/c1-10-6-12(8-13(16)7-10)15(18-2)11-4-3-5-14(17)9-11/h3-9,15,18H,1-2H3. The van der Waals surface area contributed by atoms with Gasteiger partial charge in [0, 0.05) is 3.57 Å². The maximum atomic E-state index is 13.5. The van der Waals surface area contributed by atoms with Gasteiger partial charge in [-0.05, 0) is 77.5 Å². The van der Waals surface area contributed by atoms with Gasteiger partial charge in [0.05, 0.1) is 6.04 Å². The molecule has 1 atom stereocenters. The first-order valence-corrected chi connectivity index (χ1v) is 6.88. The molecular weight excluding hydrogens is 340 g/mol. The second kappa shape index (κ2) is 5.80. The summed E-state index contributed by atoms with van der Waals surface area (Å²) in [5.41, 5.74) is 3.04. The van der Waals surface area contributed by atoms with Crippen molar-refractivity contribution in [2.75, 3.05) is 7.05 Å². The fourth-order valence-electron chi connectivity index (χ4n) is 2.14. The van der Waals surface area contributed by atoms with Crippen LogP contribution in [0.4, 0.5) is 4.39 Å². The van der Waals surface area contributed by atoms with E-state index in [1.165, 1.54) is 3.57 Å². The van der Waals surface area contributed by atoms with Crippen LogP contribution in [0.2, 0.25) is 0 Å². The predicted molar refractivity (Wildman–Crippen MR) is 81.2 cm³/mol. The van der Waals surface area contributed by atoms with Gasteiger partial charge < -0.3 is 5.32 Å². The Morgan fingerprint density at radius 1 is 1.11 bits per heavy atom. The van der Waals surface area contributed by atoms with E-state index in [4.69, 9.17) is 0 Å². The third-order valence-corrected chi connectivity index (χ3v) is 3.54. The fourth-order valence-corrected chi connectivity index (χ4v) is 2.71. The number of benzene rings is 2. The Balaban J connectivity index is 2.45. The monoisotopic (exact) mass is 355 g/mol. The predicted octanol–water partition coefficient (Wildman–Crippen LogP) is 4.05. The summed E-state index contributed by atoms with van der Waals surface area (Å²) >= 11 is 2.29. The summed E-state index contributed by atoms with van der Waals surface area (Å²) in [6.45, 7) is 1.91. The molecule has 0 aliphatic carbocycles. The summed E-state index contributed by atoms with van der Waals surface area (Å²) in [5.74, 6) is -0.184. The van der Waals surface area contributed by atoms with Crippen molar-refractivity contribution in [3.63, 3.8) is 0 Å². The van der Waals surface area contributed by atoms with Gasteiger partial charge in [-0.2, -0.15) is 0 Å². The van der Waals surface area contributed by atoms with Gasteiger partial charge in [0.15, 0.2) is 0 Å². The Morgan fingerprint density at radius 2 is 1.89 bits per heavy atom. The highest BCUT2D eigenvalue weighted by Gasteiger charge is 2.13. The second-order valence-corrected chi connectivity index (χ2v) is 5.58. The number of aryl methyl sites for hydroxylation is 1. The smallest absolute Gasteiger partial charge is 0.123 e. The van der Waals surface area contributed by atoms with Gasteiger partial charge in [0.2, 0.25) is 0 Å². The van der Waals surface area contributed by atoms with Crippen molar-refractivity contribution in [1.29, 1.82) is 0 Å². The lowest BCUT2D eigenvalue weighted by molar-refractivity contribution is 0.615. The number of hydrogen-bond acceptors (Lipinski definition) is 1. The molecule has 0 aliphatic rings. The number of nitrogens with one attached hydrogen (secondary N) is 1. The topological polar surface area (TPSA) is 12.0 Å². The summed E-state index contributed by atoms with van der Waals surface area (Å²) in [6, 6.07) is 13.4. The van der Waals surface area contributed by atoms with E-state index in [0.29, 0.717) is 0 Å². The highest BCUT2D eigenvalue weighted by molar-refractivity contribution is 14.1. The van der Waals surface area contributed by atoms with Gasteiger partial charge >= 0.3 is 0 Å². The summed E-state index contributed by atoms with van der Waals surface area (Å²) in [6.07, 6.45) is 0. The largest absolute Gasteiger partial charge is 0.309 e. The van der Waals surface area contributed by atoms with Crippen LogP contribution in [-0.4, -0.2) is 7.05 Å². The Bertz CT molecular complexity index is 534. The van der Waals surface area contributed by atoms with Crippen LogP contribution in [0.1, 0.15) is 22.7 Å². The Kier molecular flexibility index (Phi) is 4.35. The Labute approximate surface area is 121 Å². The molecular formula is C15H15FIN. The molecule has 0 spiro atoms. The van der Waals surface area contributed by atoms with E-state index in [1.807, 2.05) is 32.2 Å². The fraction of sp³-hybridized carbons (Fsp3) is 0.200. The zero-order valence-corrected chi connectivity index (χ0v) is 12.5. The van der Waals surface area contributed by atoms with E-state index < -0.39 is 0 Å². The second-order valence-electron chi connectivity index (χ2n) is 4.34. The molecule has 1 N–H and O–H groups in total. The van der Waals surface area contributed by atoms with Crippen LogP contribution in [0.15, 0.2) is 42.5 Å². The average molecular weight is 355 g/mol. The summed E-state index contributed by atoms with van der Waals surface area (Å²) in [5, 5.41) is 3.25. The average Bonchev–Trinajstić information content (AvgIpc) is 2.28. The molecule has 94 valence electrons. The number of halogens is 2. The van der Waals surface area contributed by atoms with Crippen molar-refractivity contribution < 1.29 is 4.39 Å². The van der Waals surface area contributed by atoms with Crippen molar-refractivity contribution in [2.45, 2.75) is 13.0 Å². The molecule has 0 aromatic heterocycles. The zero-order chi connectivity index (χ0) is 13.1. The molecule has 0 aliphatic heterocycles. The van der Waals surface area contributed by atoms with Gasteiger partial charge in [-0.25, -0.2) is 4.39 Å². The summed E-state index contributed by atoms with van der Waals surface area (Å²) < 4.78 is 14.7. The molecule has 1 nitrogen and oxygen atoms in total. The van der Waals surface area contributed by atoms with E-state index in [2.05, 4.69) is 40.0 Å². The molecule has 0 radical (unpaired) electrons. The Hall–Kier alpha value is -0.940. The molecule has 2 aromatic rings. The molecule has 0 bridgehead atoms. The zero-order valence-electron chi connectivity index (χ0n) is 10.4.